The maximum Gasteiger partial charge on any atom is 0.223 e. The van der Waals surface area contributed by atoms with Crippen molar-refractivity contribution >= 4 is 17.5 Å². The molecule has 4 heteroatoms. The number of carbonyl (C=O) groups excluding carboxylic acids is 1. The van der Waals surface area contributed by atoms with Gasteiger partial charge in [0.05, 0.1) is 0 Å². The SMILES string of the molecule is CC1CCCN(C(=O)CCNCCc2cccc(Cl)c2)C1. The van der Waals surface area contributed by atoms with E-state index in [9.17, 15) is 4.79 Å². The zero-order valence-corrected chi connectivity index (χ0v) is 13.5. The summed E-state index contributed by atoms with van der Waals surface area (Å²) in [5, 5.41) is 4.12. The fourth-order valence-electron chi connectivity index (χ4n) is 2.82. The van der Waals surface area contributed by atoms with Crippen LogP contribution in [0.25, 0.3) is 0 Å². The van der Waals surface area contributed by atoms with Crippen molar-refractivity contribution in [1.82, 2.24) is 10.2 Å². The van der Waals surface area contributed by atoms with Crippen molar-refractivity contribution in [3.63, 3.8) is 0 Å². The molecule has 1 aromatic rings. The Morgan fingerprint density at radius 1 is 1.43 bits per heavy atom. The summed E-state index contributed by atoms with van der Waals surface area (Å²) < 4.78 is 0. The molecule has 116 valence electrons. The first-order valence-electron chi connectivity index (χ1n) is 7.88. The largest absolute Gasteiger partial charge is 0.342 e. The second-order valence-electron chi connectivity index (χ2n) is 5.97. The molecule has 0 saturated carbocycles. The lowest BCUT2D eigenvalue weighted by Crippen LogP contribution is -2.40. The lowest BCUT2D eigenvalue weighted by Gasteiger charge is -2.31. The third-order valence-electron chi connectivity index (χ3n) is 4.00. The number of piperidine rings is 1. The number of amides is 1. The molecule has 0 aliphatic carbocycles. The number of nitrogens with zero attached hydrogens (tertiary/aromatic N) is 1. The summed E-state index contributed by atoms with van der Waals surface area (Å²) >= 11 is 5.95. The van der Waals surface area contributed by atoms with Crippen LogP contribution in [0, 0.1) is 5.92 Å². The quantitative estimate of drug-likeness (QED) is 0.819. The summed E-state index contributed by atoms with van der Waals surface area (Å²) in [6, 6.07) is 7.92. The highest BCUT2D eigenvalue weighted by molar-refractivity contribution is 6.30. The van der Waals surface area contributed by atoms with Crippen LogP contribution in [0.5, 0.6) is 0 Å². The van der Waals surface area contributed by atoms with E-state index in [1.165, 1.54) is 12.0 Å². The molecule has 1 heterocycles. The fraction of sp³-hybridized carbons (Fsp3) is 0.588. The van der Waals surface area contributed by atoms with Gasteiger partial charge in [-0.25, -0.2) is 0 Å². The van der Waals surface area contributed by atoms with Gasteiger partial charge in [0.2, 0.25) is 5.91 Å². The molecule has 1 aliphatic heterocycles. The van der Waals surface area contributed by atoms with Crippen LogP contribution in [0.2, 0.25) is 5.02 Å². The predicted molar refractivity (Wildman–Crippen MR) is 87.6 cm³/mol. The predicted octanol–water partition coefficient (Wildman–Crippen LogP) is 3.12. The lowest BCUT2D eigenvalue weighted by molar-refractivity contribution is -0.132. The monoisotopic (exact) mass is 308 g/mol. The highest BCUT2D eigenvalue weighted by Crippen LogP contribution is 2.16. The molecule has 1 atom stereocenters. The van der Waals surface area contributed by atoms with E-state index in [0.29, 0.717) is 12.3 Å². The first kappa shape index (κ1) is 16.3. The minimum atomic E-state index is 0.289. The van der Waals surface area contributed by atoms with E-state index in [4.69, 9.17) is 11.6 Å². The number of carbonyl (C=O) groups is 1. The van der Waals surface area contributed by atoms with E-state index in [0.717, 1.165) is 44.0 Å². The van der Waals surface area contributed by atoms with Crippen LogP contribution in [0.15, 0.2) is 24.3 Å². The topological polar surface area (TPSA) is 32.3 Å². The third-order valence-corrected chi connectivity index (χ3v) is 4.24. The van der Waals surface area contributed by atoms with Gasteiger partial charge >= 0.3 is 0 Å². The van der Waals surface area contributed by atoms with Crippen molar-refractivity contribution in [2.24, 2.45) is 5.92 Å². The Kier molecular flexibility index (Phi) is 6.52. The molecule has 0 aromatic heterocycles. The molecule has 0 bridgehead atoms. The average molecular weight is 309 g/mol. The van der Waals surface area contributed by atoms with E-state index in [1.54, 1.807) is 0 Å². The molecule has 0 radical (unpaired) electrons. The molecule has 1 fully saturated rings. The number of nitrogens with one attached hydrogen (secondary N) is 1. The minimum absolute atomic E-state index is 0.289. The van der Waals surface area contributed by atoms with Gasteiger partial charge in [-0.15, -0.1) is 0 Å². The molecular formula is C17H25ClN2O. The van der Waals surface area contributed by atoms with Crippen LogP contribution in [-0.2, 0) is 11.2 Å². The summed E-state index contributed by atoms with van der Waals surface area (Å²) in [6.07, 6.45) is 3.94. The van der Waals surface area contributed by atoms with E-state index >= 15 is 0 Å². The van der Waals surface area contributed by atoms with Crippen molar-refractivity contribution < 1.29 is 4.79 Å². The Balaban J connectivity index is 1.60. The van der Waals surface area contributed by atoms with Crippen molar-refractivity contribution in [3.05, 3.63) is 34.9 Å². The second kappa shape index (κ2) is 8.40. The van der Waals surface area contributed by atoms with Crippen LogP contribution in [0.4, 0.5) is 0 Å². The Morgan fingerprint density at radius 3 is 3.05 bits per heavy atom. The molecule has 1 amide bonds. The molecule has 1 unspecified atom stereocenters. The second-order valence-corrected chi connectivity index (χ2v) is 6.40. The van der Waals surface area contributed by atoms with E-state index < -0.39 is 0 Å². The zero-order chi connectivity index (χ0) is 15.1. The number of hydrogen-bond donors (Lipinski definition) is 1. The zero-order valence-electron chi connectivity index (χ0n) is 12.8. The van der Waals surface area contributed by atoms with Crippen molar-refractivity contribution in [3.8, 4) is 0 Å². The standard InChI is InChI=1S/C17H25ClN2O/c1-14-4-3-11-20(13-14)17(21)8-10-19-9-7-15-5-2-6-16(18)12-15/h2,5-6,12,14,19H,3-4,7-11,13H2,1H3. The maximum atomic E-state index is 12.1. The summed E-state index contributed by atoms with van der Waals surface area (Å²) in [4.78, 5) is 14.1. The molecule has 1 saturated heterocycles. The smallest absolute Gasteiger partial charge is 0.223 e. The number of benzene rings is 1. The van der Waals surface area contributed by atoms with Crippen LogP contribution in [0.1, 0.15) is 31.7 Å². The van der Waals surface area contributed by atoms with E-state index in [-0.39, 0.29) is 5.91 Å². The van der Waals surface area contributed by atoms with Crippen molar-refractivity contribution in [1.29, 1.82) is 0 Å². The summed E-state index contributed by atoms with van der Waals surface area (Å²) in [5.74, 6) is 0.940. The Bertz CT molecular complexity index is 464. The number of likely N-dealkylation sites (tertiary alicyclic amines) is 1. The van der Waals surface area contributed by atoms with Gasteiger partial charge in [-0.3, -0.25) is 4.79 Å². The van der Waals surface area contributed by atoms with Gasteiger partial charge < -0.3 is 10.2 Å². The van der Waals surface area contributed by atoms with Gasteiger partial charge in [-0.1, -0.05) is 30.7 Å². The summed E-state index contributed by atoms with van der Waals surface area (Å²) in [6.45, 7) is 5.73. The Hall–Kier alpha value is -1.06. The number of hydrogen-bond acceptors (Lipinski definition) is 2. The highest BCUT2D eigenvalue weighted by atomic mass is 35.5. The molecule has 2 rings (SSSR count). The average Bonchev–Trinajstić information content (AvgIpc) is 2.47. The van der Waals surface area contributed by atoms with Crippen molar-refractivity contribution in [2.45, 2.75) is 32.6 Å². The van der Waals surface area contributed by atoms with E-state index in [1.807, 2.05) is 23.1 Å². The molecule has 3 nitrogen and oxygen atoms in total. The molecular weight excluding hydrogens is 284 g/mol. The summed E-state index contributed by atoms with van der Waals surface area (Å²) in [5.41, 5.74) is 1.23. The molecule has 1 aromatic carbocycles. The first-order valence-corrected chi connectivity index (χ1v) is 8.26. The van der Waals surface area contributed by atoms with Gasteiger partial charge in [-0.2, -0.15) is 0 Å². The Morgan fingerprint density at radius 2 is 2.29 bits per heavy atom. The van der Waals surface area contributed by atoms with Crippen LogP contribution in [-0.4, -0.2) is 37.0 Å². The lowest BCUT2D eigenvalue weighted by atomic mass is 10.00. The van der Waals surface area contributed by atoms with Gasteiger partial charge in [0, 0.05) is 31.1 Å². The van der Waals surface area contributed by atoms with Gasteiger partial charge in [0.25, 0.3) is 0 Å². The minimum Gasteiger partial charge on any atom is -0.342 e. The van der Waals surface area contributed by atoms with Crippen LogP contribution < -0.4 is 5.32 Å². The molecule has 21 heavy (non-hydrogen) atoms. The first-order chi connectivity index (χ1) is 10.1. The highest BCUT2D eigenvalue weighted by Gasteiger charge is 2.20. The normalized spacial score (nSPS) is 18.8. The van der Waals surface area contributed by atoms with Gasteiger partial charge in [-0.05, 0) is 49.4 Å². The van der Waals surface area contributed by atoms with Crippen molar-refractivity contribution in [2.75, 3.05) is 26.2 Å². The molecule has 1 N–H and O–H groups in total. The molecule has 1 aliphatic rings. The Labute approximate surface area is 132 Å². The van der Waals surface area contributed by atoms with Crippen LogP contribution >= 0.6 is 11.6 Å². The van der Waals surface area contributed by atoms with Gasteiger partial charge in [0.1, 0.15) is 0 Å². The van der Waals surface area contributed by atoms with Crippen LogP contribution in [0.3, 0.4) is 0 Å². The van der Waals surface area contributed by atoms with E-state index in [2.05, 4.69) is 18.3 Å². The summed E-state index contributed by atoms with van der Waals surface area (Å²) in [7, 11) is 0. The fourth-order valence-corrected chi connectivity index (χ4v) is 3.03. The maximum absolute atomic E-state index is 12.1. The van der Waals surface area contributed by atoms with Gasteiger partial charge in [0.15, 0.2) is 0 Å². The number of rotatable bonds is 6. The molecule has 0 spiro atoms. The number of halogens is 1. The third kappa shape index (κ3) is 5.68.